The third kappa shape index (κ3) is 3.07. The highest BCUT2D eigenvalue weighted by molar-refractivity contribution is 7.99. The first-order valence-corrected chi connectivity index (χ1v) is 11.6. The topological polar surface area (TPSA) is 44.1 Å². The van der Waals surface area contributed by atoms with Gasteiger partial charge in [-0.2, -0.15) is 0 Å². The molecule has 1 aliphatic rings. The maximum Gasteiger partial charge on any atom is 0.267 e. The van der Waals surface area contributed by atoms with Gasteiger partial charge in [-0.15, -0.1) is 17.9 Å². The van der Waals surface area contributed by atoms with E-state index in [1.54, 1.807) is 23.0 Å². The SMILES string of the molecule is C=CCSc1nc2sc3c(c2c(=O)n1-c1ccc(OC)cc1)CCc1ccccc1-3. The minimum absolute atomic E-state index is 0.00592. The summed E-state index contributed by atoms with van der Waals surface area (Å²) in [6.07, 6.45) is 3.64. The van der Waals surface area contributed by atoms with Crippen molar-refractivity contribution >= 4 is 33.3 Å². The van der Waals surface area contributed by atoms with Crippen LogP contribution in [0.4, 0.5) is 0 Å². The van der Waals surface area contributed by atoms with Crippen LogP contribution in [0.5, 0.6) is 5.75 Å². The first kappa shape index (κ1) is 19.2. The Hall–Kier alpha value is -2.83. The zero-order chi connectivity index (χ0) is 20.7. The van der Waals surface area contributed by atoms with Crippen molar-refractivity contribution in [2.75, 3.05) is 12.9 Å². The number of hydrogen-bond donors (Lipinski definition) is 0. The Morgan fingerprint density at radius 1 is 1.20 bits per heavy atom. The molecule has 0 saturated heterocycles. The number of methoxy groups -OCH3 is 1. The van der Waals surface area contributed by atoms with Crippen LogP contribution in [0.1, 0.15) is 11.1 Å². The van der Waals surface area contributed by atoms with Crippen LogP contribution in [0.3, 0.4) is 0 Å². The molecule has 0 bridgehead atoms. The van der Waals surface area contributed by atoms with Crippen LogP contribution in [0.15, 0.2) is 71.1 Å². The van der Waals surface area contributed by atoms with E-state index in [0.717, 1.165) is 40.1 Å². The maximum atomic E-state index is 13.8. The molecule has 4 nitrogen and oxygen atoms in total. The van der Waals surface area contributed by atoms with Crippen LogP contribution >= 0.6 is 23.1 Å². The molecule has 0 spiro atoms. The molecule has 0 radical (unpaired) electrons. The molecule has 0 fully saturated rings. The lowest BCUT2D eigenvalue weighted by Crippen LogP contribution is -2.22. The van der Waals surface area contributed by atoms with Crippen molar-refractivity contribution < 1.29 is 4.74 Å². The molecule has 2 heterocycles. The Balaban J connectivity index is 1.78. The van der Waals surface area contributed by atoms with E-state index in [9.17, 15) is 4.79 Å². The van der Waals surface area contributed by atoms with Gasteiger partial charge in [-0.05, 0) is 53.8 Å². The largest absolute Gasteiger partial charge is 0.497 e. The number of thiophene rings is 1. The van der Waals surface area contributed by atoms with E-state index in [1.165, 1.54) is 27.8 Å². The number of nitrogens with zero attached hydrogens (tertiary/aromatic N) is 2. The van der Waals surface area contributed by atoms with Gasteiger partial charge in [0.05, 0.1) is 18.2 Å². The summed E-state index contributed by atoms with van der Waals surface area (Å²) in [6.45, 7) is 3.81. The third-order valence-electron chi connectivity index (χ3n) is 5.36. The third-order valence-corrected chi connectivity index (χ3v) is 7.45. The summed E-state index contributed by atoms with van der Waals surface area (Å²) >= 11 is 3.15. The van der Waals surface area contributed by atoms with Crippen molar-refractivity contribution in [1.29, 1.82) is 0 Å². The second kappa shape index (κ2) is 7.78. The van der Waals surface area contributed by atoms with E-state index in [4.69, 9.17) is 9.72 Å². The molecule has 0 amide bonds. The molecule has 150 valence electrons. The summed E-state index contributed by atoms with van der Waals surface area (Å²) in [5.74, 6) is 1.44. The van der Waals surface area contributed by atoms with Crippen molar-refractivity contribution in [3.63, 3.8) is 0 Å². The summed E-state index contributed by atoms with van der Waals surface area (Å²) in [4.78, 5) is 20.7. The lowest BCUT2D eigenvalue weighted by molar-refractivity contribution is 0.414. The van der Waals surface area contributed by atoms with Gasteiger partial charge in [-0.1, -0.05) is 42.1 Å². The smallest absolute Gasteiger partial charge is 0.267 e. The van der Waals surface area contributed by atoms with Crippen molar-refractivity contribution in [2.24, 2.45) is 0 Å². The molecule has 2 aromatic carbocycles. The second-order valence-electron chi connectivity index (χ2n) is 7.08. The zero-order valence-corrected chi connectivity index (χ0v) is 18.2. The van der Waals surface area contributed by atoms with E-state index in [2.05, 4.69) is 30.8 Å². The lowest BCUT2D eigenvalue weighted by Gasteiger charge is -2.16. The van der Waals surface area contributed by atoms with Crippen molar-refractivity contribution in [3.8, 4) is 21.9 Å². The fourth-order valence-electron chi connectivity index (χ4n) is 3.95. The van der Waals surface area contributed by atoms with Gasteiger partial charge < -0.3 is 4.74 Å². The lowest BCUT2D eigenvalue weighted by atomic mass is 9.90. The average molecular weight is 433 g/mol. The Morgan fingerprint density at radius 2 is 2.00 bits per heavy atom. The molecule has 0 saturated carbocycles. The zero-order valence-electron chi connectivity index (χ0n) is 16.6. The highest BCUT2D eigenvalue weighted by Gasteiger charge is 2.25. The summed E-state index contributed by atoms with van der Waals surface area (Å²) in [7, 11) is 1.63. The van der Waals surface area contributed by atoms with Gasteiger partial charge in [0, 0.05) is 10.6 Å². The fourth-order valence-corrected chi connectivity index (χ4v) is 6.02. The molecular formula is C24H20N2O2S2. The normalized spacial score (nSPS) is 12.4. The predicted molar refractivity (Wildman–Crippen MR) is 126 cm³/mol. The van der Waals surface area contributed by atoms with Crippen LogP contribution in [0, 0.1) is 0 Å². The van der Waals surface area contributed by atoms with E-state index in [-0.39, 0.29) is 5.56 Å². The molecule has 6 heteroatoms. The minimum atomic E-state index is -0.00592. The molecule has 30 heavy (non-hydrogen) atoms. The number of hydrogen-bond acceptors (Lipinski definition) is 5. The van der Waals surface area contributed by atoms with Gasteiger partial charge in [0.2, 0.25) is 0 Å². The number of aryl methyl sites for hydroxylation is 2. The molecule has 2 aromatic heterocycles. The van der Waals surface area contributed by atoms with E-state index in [1.807, 2.05) is 30.3 Å². The predicted octanol–water partition coefficient (Wildman–Crippen LogP) is 5.50. The van der Waals surface area contributed by atoms with Crippen LogP contribution in [0.2, 0.25) is 0 Å². The summed E-state index contributed by atoms with van der Waals surface area (Å²) in [6, 6.07) is 16.0. The van der Waals surface area contributed by atoms with Crippen molar-refractivity contribution in [3.05, 3.63) is 82.7 Å². The first-order valence-electron chi connectivity index (χ1n) is 9.76. The van der Waals surface area contributed by atoms with Gasteiger partial charge in [-0.25, -0.2) is 4.98 Å². The van der Waals surface area contributed by atoms with Crippen LogP contribution in [-0.4, -0.2) is 22.4 Å². The summed E-state index contributed by atoms with van der Waals surface area (Å²) < 4.78 is 7.00. The number of thioether (sulfide) groups is 1. The fraction of sp³-hybridized carbons (Fsp3) is 0.167. The van der Waals surface area contributed by atoms with E-state index in [0.29, 0.717) is 10.9 Å². The summed E-state index contributed by atoms with van der Waals surface area (Å²) in [5.41, 5.74) is 4.49. The molecule has 5 rings (SSSR count). The van der Waals surface area contributed by atoms with Gasteiger partial charge in [0.25, 0.3) is 5.56 Å². The molecule has 4 aromatic rings. The van der Waals surface area contributed by atoms with Gasteiger partial charge in [0.15, 0.2) is 5.16 Å². The number of ether oxygens (including phenoxy) is 1. The Labute approximate surface area is 182 Å². The Bertz CT molecular complexity index is 1320. The monoisotopic (exact) mass is 432 g/mol. The highest BCUT2D eigenvalue weighted by Crippen LogP contribution is 2.42. The molecule has 0 unspecified atom stereocenters. The molecular weight excluding hydrogens is 412 g/mol. The summed E-state index contributed by atoms with van der Waals surface area (Å²) in [5, 5.41) is 1.44. The first-order chi connectivity index (χ1) is 14.7. The number of benzene rings is 2. The minimum Gasteiger partial charge on any atom is -0.497 e. The van der Waals surface area contributed by atoms with Gasteiger partial charge in [0.1, 0.15) is 10.6 Å². The molecule has 1 aliphatic carbocycles. The van der Waals surface area contributed by atoms with Gasteiger partial charge in [-0.3, -0.25) is 9.36 Å². The van der Waals surface area contributed by atoms with Crippen LogP contribution in [-0.2, 0) is 12.8 Å². The van der Waals surface area contributed by atoms with Crippen molar-refractivity contribution in [1.82, 2.24) is 9.55 Å². The standard InChI is InChI=1S/C24H20N2O2S2/c1-3-14-29-24-25-22-20(23(27)26(24)16-9-11-17(28-2)12-10-16)19-13-8-15-6-4-5-7-18(15)21(19)30-22/h3-7,9-12H,1,8,13-14H2,2H3. The van der Waals surface area contributed by atoms with Crippen LogP contribution < -0.4 is 10.3 Å². The Morgan fingerprint density at radius 3 is 2.77 bits per heavy atom. The van der Waals surface area contributed by atoms with E-state index >= 15 is 0 Å². The number of aromatic nitrogens is 2. The quantitative estimate of drug-likeness (QED) is 0.237. The maximum absolute atomic E-state index is 13.8. The van der Waals surface area contributed by atoms with E-state index < -0.39 is 0 Å². The van der Waals surface area contributed by atoms with Gasteiger partial charge >= 0.3 is 0 Å². The Kier molecular flexibility index (Phi) is 4.97. The second-order valence-corrected chi connectivity index (χ2v) is 9.07. The average Bonchev–Trinajstić information content (AvgIpc) is 3.17. The highest BCUT2D eigenvalue weighted by atomic mass is 32.2. The number of rotatable bonds is 5. The number of fused-ring (bicyclic) bond motifs is 5. The van der Waals surface area contributed by atoms with Crippen LogP contribution in [0.25, 0.3) is 26.3 Å². The molecule has 0 N–H and O–H groups in total. The molecule has 0 aliphatic heterocycles. The molecule has 0 atom stereocenters. The van der Waals surface area contributed by atoms with Crippen molar-refractivity contribution in [2.45, 2.75) is 18.0 Å².